The van der Waals surface area contributed by atoms with Crippen molar-refractivity contribution in [3.8, 4) is 11.4 Å². The zero-order valence-corrected chi connectivity index (χ0v) is 20.3. The number of benzene rings is 3. The van der Waals surface area contributed by atoms with Crippen molar-refractivity contribution >= 4 is 5.69 Å². The number of likely N-dealkylation sites (tertiary alicyclic amines) is 1. The molecule has 0 atom stereocenters. The molecule has 1 aromatic heterocycles. The summed E-state index contributed by atoms with van der Waals surface area (Å²) >= 11 is 0. The molecule has 2 aliphatic heterocycles. The number of para-hydroxylation sites is 1. The van der Waals surface area contributed by atoms with Gasteiger partial charge in [0.15, 0.2) is 5.82 Å². The van der Waals surface area contributed by atoms with Crippen LogP contribution in [0.25, 0.3) is 11.4 Å². The fourth-order valence-electron chi connectivity index (χ4n) is 5.63. The Labute approximate surface area is 208 Å². The maximum Gasteiger partial charge on any atom is 0.166 e. The predicted molar refractivity (Wildman–Crippen MR) is 142 cm³/mol. The quantitative estimate of drug-likeness (QED) is 0.384. The Hall–Kier alpha value is -3.44. The minimum absolute atomic E-state index is 0.483. The van der Waals surface area contributed by atoms with Gasteiger partial charge >= 0.3 is 0 Å². The van der Waals surface area contributed by atoms with Crippen molar-refractivity contribution in [2.24, 2.45) is 0 Å². The van der Waals surface area contributed by atoms with E-state index in [1.165, 1.54) is 28.2 Å². The minimum atomic E-state index is 0.483. The Balaban J connectivity index is 1.17. The first-order chi connectivity index (χ1) is 17.3. The Kier molecular flexibility index (Phi) is 6.33. The van der Waals surface area contributed by atoms with Crippen LogP contribution < -0.4 is 4.90 Å². The summed E-state index contributed by atoms with van der Waals surface area (Å²) in [6.07, 6.45) is 3.43. The minimum Gasteiger partial charge on any atom is -0.365 e. The van der Waals surface area contributed by atoms with Crippen molar-refractivity contribution in [2.45, 2.75) is 38.3 Å². The van der Waals surface area contributed by atoms with Crippen LogP contribution in [-0.4, -0.2) is 45.8 Å². The summed E-state index contributed by atoms with van der Waals surface area (Å²) in [7, 11) is 0. The molecule has 5 nitrogen and oxygen atoms in total. The second-order valence-corrected chi connectivity index (χ2v) is 9.81. The highest BCUT2D eigenvalue weighted by molar-refractivity contribution is 5.75. The van der Waals surface area contributed by atoms with E-state index in [0.717, 1.165) is 64.4 Å². The van der Waals surface area contributed by atoms with Crippen molar-refractivity contribution in [1.29, 1.82) is 0 Å². The van der Waals surface area contributed by atoms with Crippen molar-refractivity contribution < 1.29 is 0 Å². The Morgan fingerprint density at radius 2 is 1.37 bits per heavy atom. The second-order valence-electron chi connectivity index (χ2n) is 9.81. The van der Waals surface area contributed by atoms with Crippen LogP contribution in [0.4, 0.5) is 5.69 Å². The zero-order chi connectivity index (χ0) is 23.5. The van der Waals surface area contributed by atoms with Gasteiger partial charge in [0.2, 0.25) is 0 Å². The van der Waals surface area contributed by atoms with E-state index in [2.05, 4.69) is 99.3 Å². The molecular weight excluding hydrogens is 430 g/mol. The number of anilines is 1. The average Bonchev–Trinajstić information content (AvgIpc) is 3.28. The molecule has 6 rings (SSSR count). The molecule has 1 fully saturated rings. The largest absolute Gasteiger partial charge is 0.365 e. The van der Waals surface area contributed by atoms with Crippen molar-refractivity contribution in [1.82, 2.24) is 19.7 Å². The molecule has 0 aliphatic carbocycles. The van der Waals surface area contributed by atoms with E-state index in [4.69, 9.17) is 10.2 Å². The van der Waals surface area contributed by atoms with Crippen LogP contribution in [0, 0.1) is 0 Å². The van der Waals surface area contributed by atoms with Gasteiger partial charge in [0, 0.05) is 43.3 Å². The average molecular weight is 464 g/mol. The summed E-state index contributed by atoms with van der Waals surface area (Å²) in [6.45, 7) is 6.20. The number of aromatic nitrogens is 3. The molecule has 0 N–H and O–H groups in total. The maximum atomic E-state index is 4.77. The van der Waals surface area contributed by atoms with Gasteiger partial charge in [-0.25, -0.2) is 0 Å². The lowest BCUT2D eigenvalue weighted by atomic mass is 9.95. The molecule has 35 heavy (non-hydrogen) atoms. The second kappa shape index (κ2) is 10.0. The summed E-state index contributed by atoms with van der Waals surface area (Å²) in [6, 6.07) is 30.3. The van der Waals surface area contributed by atoms with Gasteiger partial charge in [0.25, 0.3) is 0 Å². The molecule has 4 aromatic rings. The third kappa shape index (κ3) is 4.73. The van der Waals surface area contributed by atoms with E-state index in [1.54, 1.807) is 0 Å². The SMILES string of the molecule is c1ccc(CCN2CCC(c3nnc4n3CCN(Cc3ccccc3)c3ccccc3-4)CC2)cc1. The van der Waals surface area contributed by atoms with Gasteiger partial charge in [-0.1, -0.05) is 72.8 Å². The molecule has 5 heteroatoms. The summed E-state index contributed by atoms with van der Waals surface area (Å²) in [5, 5.41) is 9.51. The molecule has 0 amide bonds. The van der Waals surface area contributed by atoms with Crippen LogP contribution in [0.15, 0.2) is 84.9 Å². The lowest BCUT2D eigenvalue weighted by Gasteiger charge is -2.31. The fourth-order valence-corrected chi connectivity index (χ4v) is 5.63. The number of piperidine rings is 1. The van der Waals surface area contributed by atoms with Gasteiger partial charge in [-0.15, -0.1) is 10.2 Å². The molecule has 1 saturated heterocycles. The van der Waals surface area contributed by atoms with Gasteiger partial charge in [0.05, 0.1) is 0 Å². The van der Waals surface area contributed by atoms with Gasteiger partial charge < -0.3 is 14.4 Å². The number of rotatable bonds is 6. The van der Waals surface area contributed by atoms with Crippen LogP contribution in [-0.2, 0) is 19.5 Å². The number of hydrogen-bond donors (Lipinski definition) is 0. The lowest BCUT2D eigenvalue weighted by molar-refractivity contribution is 0.209. The fraction of sp³-hybridized carbons (Fsp3) is 0.333. The van der Waals surface area contributed by atoms with Crippen molar-refractivity contribution in [2.75, 3.05) is 31.1 Å². The lowest BCUT2D eigenvalue weighted by Crippen LogP contribution is -2.35. The van der Waals surface area contributed by atoms with E-state index in [-0.39, 0.29) is 0 Å². The van der Waals surface area contributed by atoms with Crippen LogP contribution in [0.5, 0.6) is 0 Å². The number of nitrogens with zero attached hydrogens (tertiary/aromatic N) is 5. The highest BCUT2D eigenvalue weighted by Crippen LogP contribution is 2.36. The molecule has 0 saturated carbocycles. The van der Waals surface area contributed by atoms with Crippen molar-refractivity contribution in [3.63, 3.8) is 0 Å². The first kappa shape index (κ1) is 22.1. The van der Waals surface area contributed by atoms with E-state index >= 15 is 0 Å². The molecule has 178 valence electrons. The van der Waals surface area contributed by atoms with Crippen LogP contribution in [0.1, 0.15) is 35.7 Å². The molecule has 0 bridgehead atoms. The number of fused-ring (bicyclic) bond motifs is 3. The smallest absolute Gasteiger partial charge is 0.166 e. The van der Waals surface area contributed by atoms with E-state index < -0.39 is 0 Å². The first-order valence-corrected chi connectivity index (χ1v) is 12.9. The van der Waals surface area contributed by atoms with Gasteiger partial charge in [-0.05, 0) is 55.6 Å². The zero-order valence-electron chi connectivity index (χ0n) is 20.3. The van der Waals surface area contributed by atoms with Gasteiger partial charge in [-0.2, -0.15) is 0 Å². The summed E-state index contributed by atoms with van der Waals surface area (Å²) < 4.78 is 2.41. The normalized spacial score (nSPS) is 16.5. The van der Waals surface area contributed by atoms with Crippen molar-refractivity contribution in [3.05, 3.63) is 102 Å². The van der Waals surface area contributed by atoms with Gasteiger partial charge in [0.1, 0.15) is 5.82 Å². The van der Waals surface area contributed by atoms with E-state index in [1.807, 2.05) is 0 Å². The number of hydrogen-bond acceptors (Lipinski definition) is 4. The Morgan fingerprint density at radius 3 is 2.14 bits per heavy atom. The summed E-state index contributed by atoms with van der Waals surface area (Å²) in [5.41, 5.74) is 5.21. The van der Waals surface area contributed by atoms with E-state index in [9.17, 15) is 0 Å². The van der Waals surface area contributed by atoms with Crippen LogP contribution in [0.3, 0.4) is 0 Å². The molecule has 2 aliphatic rings. The molecule has 0 unspecified atom stereocenters. The van der Waals surface area contributed by atoms with Crippen LogP contribution in [0.2, 0.25) is 0 Å². The molecular formula is C30H33N5. The highest BCUT2D eigenvalue weighted by atomic mass is 15.3. The monoisotopic (exact) mass is 463 g/mol. The third-order valence-electron chi connectivity index (χ3n) is 7.59. The maximum absolute atomic E-state index is 4.77. The molecule has 3 heterocycles. The standard InChI is InChI=1S/C30H33N5/c1-3-9-24(10-4-1)15-18-33-19-16-26(17-20-33)29-31-32-30-27-13-7-8-14-28(27)34(21-22-35(29)30)23-25-11-5-2-6-12-25/h1-14,26H,15-23H2. The molecule has 0 spiro atoms. The Morgan fingerprint density at radius 1 is 0.686 bits per heavy atom. The summed E-state index contributed by atoms with van der Waals surface area (Å²) in [5.74, 6) is 2.69. The predicted octanol–water partition coefficient (Wildman–Crippen LogP) is 5.39. The molecule has 3 aromatic carbocycles. The first-order valence-electron chi connectivity index (χ1n) is 12.9. The Bertz CT molecular complexity index is 1240. The van der Waals surface area contributed by atoms with E-state index in [0.29, 0.717) is 5.92 Å². The highest BCUT2D eigenvalue weighted by Gasteiger charge is 2.29. The molecule has 0 radical (unpaired) electrons. The third-order valence-corrected chi connectivity index (χ3v) is 7.59. The summed E-state index contributed by atoms with van der Waals surface area (Å²) in [4.78, 5) is 5.11. The van der Waals surface area contributed by atoms with Gasteiger partial charge in [-0.3, -0.25) is 0 Å². The topological polar surface area (TPSA) is 37.2 Å². The van der Waals surface area contributed by atoms with Crippen LogP contribution >= 0.6 is 0 Å².